The van der Waals surface area contributed by atoms with E-state index in [0.717, 1.165) is 22.0 Å². The van der Waals surface area contributed by atoms with Gasteiger partial charge in [0.2, 0.25) is 0 Å². The number of nitrogens with zero attached hydrogens (tertiary/aromatic N) is 4. The minimum absolute atomic E-state index is 0.288. The number of halogens is 1. The van der Waals surface area contributed by atoms with Crippen LogP contribution in [0.3, 0.4) is 0 Å². The molecule has 5 nitrogen and oxygen atoms in total. The molecule has 3 aromatic rings. The third kappa shape index (κ3) is 2.90. The number of rotatable bonds is 4. The van der Waals surface area contributed by atoms with Crippen molar-refractivity contribution in [1.29, 1.82) is 0 Å². The molecule has 0 spiro atoms. The van der Waals surface area contributed by atoms with E-state index < -0.39 is 0 Å². The minimum atomic E-state index is 0.288. The molecule has 0 amide bonds. The maximum Gasteiger partial charge on any atom is 0.194 e. The normalized spacial score (nSPS) is 11.3. The van der Waals surface area contributed by atoms with Crippen LogP contribution < -0.4 is 4.74 Å². The molecule has 0 radical (unpaired) electrons. The van der Waals surface area contributed by atoms with Gasteiger partial charge in [0, 0.05) is 24.2 Å². The molecule has 0 fully saturated rings. The highest BCUT2D eigenvalue weighted by Crippen LogP contribution is 2.33. The van der Waals surface area contributed by atoms with Gasteiger partial charge in [-0.25, -0.2) is 0 Å². The van der Waals surface area contributed by atoms with Crippen molar-refractivity contribution in [3.63, 3.8) is 0 Å². The summed E-state index contributed by atoms with van der Waals surface area (Å²) in [5.74, 6) is 0.992. The van der Waals surface area contributed by atoms with Crippen LogP contribution in [0.1, 0.15) is 13.8 Å². The molecular weight excluding hydrogens is 300 g/mol. The van der Waals surface area contributed by atoms with Gasteiger partial charge in [0.15, 0.2) is 10.9 Å². The zero-order valence-corrected chi connectivity index (χ0v) is 13.5. The van der Waals surface area contributed by atoms with Gasteiger partial charge in [-0.05, 0) is 23.6 Å². The van der Waals surface area contributed by atoms with Gasteiger partial charge in [-0.1, -0.05) is 31.5 Å². The Hall–Kier alpha value is -2.14. The molecule has 114 valence electrons. The Morgan fingerprint density at radius 2 is 2.05 bits per heavy atom. The lowest BCUT2D eigenvalue weighted by Gasteiger charge is -2.12. The van der Waals surface area contributed by atoms with E-state index in [2.05, 4.69) is 29.1 Å². The number of aromatic nitrogens is 4. The van der Waals surface area contributed by atoms with Crippen LogP contribution in [0.2, 0.25) is 5.15 Å². The van der Waals surface area contributed by atoms with E-state index >= 15 is 0 Å². The van der Waals surface area contributed by atoms with Crippen LogP contribution in [0.25, 0.3) is 22.0 Å². The highest BCUT2D eigenvalue weighted by Gasteiger charge is 2.13. The summed E-state index contributed by atoms with van der Waals surface area (Å²) in [5.41, 5.74) is 2.84. The Labute approximate surface area is 133 Å². The highest BCUT2D eigenvalue weighted by atomic mass is 35.5. The van der Waals surface area contributed by atoms with Gasteiger partial charge < -0.3 is 4.74 Å². The van der Waals surface area contributed by atoms with Crippen LogP contribution in [0, 0.1) is 5.92 Å². The fraction of sp³-hybridized carbons (Fsp3) is 0.312. The zero-order valence-electron chi connectivity index (χ0n) is 12.7. The average Bonchev–Trinajstić information content (AvgIpc) is 2.92. The first kappa shape index (κ1) is 14.8. The lowest BCUT2D eigenvalue weighted by molar-refractivity contribution is 0.273. The van der Waals surface area contributed by atoms with Crippen molar-refractivity contribution in [2.24, 2.45) is 13.0 Å². The quantitative estimate of drug-likeness (QED) is 0.736. The first-order valence-electron chi connectivity index (χ1n) is 7.12. The molecule has 0 bridgehead atoms. The van der Waals surface area contributed by atoms with Gasteiger partial charge >= 0.3 is 0 Å². The third-order valence-electron chi connectivity index (χ3n) is 3.27. The summed E-state index contributed by atoms with van der Waals surface area (Å²) in [5, 5.41) is 13.4. The van der Waals surface area contributed by atoms with Crippen molar-refractivity contribution in [2.75, 3.05) is 6.61 Å². The Kier molecular flexibility index (Phi) is 3.98. The predicted octanol–water partition coefficient (Wildman–Crippen LogP) is 3.72. The van der Waals surface area contributed by atoms with Crippen molar-refractivity contribution < 1.29 is 4.74 Å². The molecule has 2 aromatic heterocycles. The second-order valence-electron chi connectivity index (χ2n) is 5.66. The number of hydrogen-bond acceptors (Lipinski definition) is 4. The van der Waals surface area contributed by atoms with E-state index in [0.29, 0.717) is 18.3 Å². The van der Waals surface area contributed by atoms with Gasteiger partial charge in [0.1, 0.15) is 0 Å². The number of hydrogen-bond donors (Lipinski definition) is 0. The number of ether oxygens (including phenoxy) is 1. The lowest BCUT2D eigenvalue weighted by atomic mass is 10.1. The molecule has 0 atom stereocenters. The molecule has 22 heavy (non-hydrogen) atoms. The summed E-state index contributed by atoms with van der Waals surface area (Å²) in [6.45, 7) is 4.76. The van der Waals surface area contributed by atoms with Crippen molar-refractivity contribution in [1.82, 2.24) is 20.0 Å². The van der Waals surface area contributed by atoms with Gasteiger partial charge in [-0.15, -0.1) is 10.2 Å². The molecular formula is C16H17ClN4O. The summed E-state index contributed by atoms with van der Waals surface area (Å²) in [6, 6.07) is 5.93. The van der Waals surface area contributed by atoms with E-state index in [1.54, 1.807) is 4.68 Å². The molecule has 0 aliphatic heterocycles. The topological polar surface area (TPSA) is 52.8 Å². The van der Waals surface area contributed by atoms with E-state index in [4.69, 9.17) is 16.3 Å². The molecule has 3 rings (SSSR count). The average molecular weight is 317 g/mol. The summed E-state index contributed by atoms with van der Waals surface area (Å²) in [7, 11) is 1.89. The Balaban J connectivity index is 2.10. The molecule has 0 unspecified atom stereocenters. The number of aryl methyl sites for hydroxylation is 1. The lowest BCUT2D eigenvalue weighted by Crippen LogP contribution is -2.06. The molecule has 2 heterocycles. The maximum absolute atomic E-state index is 6.17. The standard InChI is InChI=1S/C16H17ClN4O/c1-10(2)9-22-15-13-6-11(12-7-18-21(3)8-12)4-5-14(13)19-20-16(15)17/h4-8,10H,9H2,1-3H3. The van der Waals surface area contributed by atoms with Crippen LogP contribution >= 0.6 is 11.6 Å². The Bertz CT molecular complexity index is 813. The van der Waals surface area contributed by atoms with E-state index in [1.807, 2.05) is 37.6 Å². The highest BCUT2D eigenvalue weighted by molar-refractivity contribution is 6.31. The van der Waals surface area contributed by atoms with Crippen LogP contribution in [-0.4, -0.2) is 26.6 Å². The first-order valence-corrected chi connectivity index (χ1v) is 7.50. The second-order valence-corrected chi connectivity index (χ2v) is 6.02. The SMILES string of the molecule is CC(C)COc1c(Cl)nnc2ccc(-c3cnn(C)c3)cc12. The van der Waals surface area contributed by atoms with Crippen molar-refractivity contribution in [3.8, 4) is 16.9 Å². The Morgan fingerprint density at radius 3 is 2.73 bits per heavy atom. The number of benzene rings is 1. The monoisotopic (exact) mass is 316 g/mol. The molecule has 0 N–H and O–H groups in total. The fourth-order valence-electron chi connectivity index (χ4n) is 2.20. The largest absolute Gasteiger partial charge is 0.489 e. The molecule has 0 saturated carbocycles. The molecule has 0 aliphatic carbocycles. The first-order chi connectivity index (χ1) is 10.5. The molecule has 1 aromatic carbocycles. The maximum atomic E-state index is 6.17. The Morgan fingerprint density at radius 1 is 1.23 bits per heavy atom. The number of fused-ring (bicyclic) bond motifs is 1. The van der Waals surface area contributed by atoms with Crippen molar-refractivity contribution in [3.05, 3.63) is 35.7 Å². The van der Waals surface area contributed by atoms with Gasteiger partial charge in [0.25, 0.3) is 0 Å². The molecule has 6 heteroatoms. The summed E-state index contributed by atoms with van der Waals surface area (Å²) in [4.78, 5) is 0. The van der Waals surface area contributed by atoms with Crippen molar-refractivity contribution >= 4 is 22.5 Å². The summed E-state index contributed by atoms with van der Waals surface area (Å²) in [6.07, 6.45) is 3.79. The summed E-state index contributed by atoms with van der Waals surface area (Å²) < 4.78 is 7.62. The van der Waals surface area contributed by atoms with Gasteiger partial charge in [0.05, 0.1) is 18.3 Å². The van der Waals surface area contributed by atoms with Crippen LogP contribution in [-0.2, 0) is 7.05 Å². The van der Waals surface area contributed by atoms with Crippen LogP contribution in [0.15, 0.2) is 30.6 Å². The van der Waals surface area contributed by atoms with Gasteiger partial charge in [-0.3, -0.25) is 4.68 Å². The molecule has 0 aliphatic rings. The van der Waals surface area contributed by atoms with Crippen LogP contribution in [0.5, 0.6) is 5.75 Å². The molecule has 0 saturated heterocycles. The van der Waals surface area contributed by atoms with E-state index in [1.165, 1.54) is 0 Å². The smallest absolute Gasteiger partial charge is 0.194 e. The summed E-state index contributed by atoms with van der Waals surface area (Å²) >= 11 is 6.17. The minimum Gasteiger partial charge on any atom is -0.489 e. The zero-order chi connectivity index (χ0) is 15.7. The van der Waals surface area contributed by atoms with Crippen LogP contribution in [0.4, 0.5) is 0 Å². The second kappa shape index (κ2) is 5.93. The predicted molar refractivity (Wildman–Crippen MR) is 87.1 cm³/mol. The van der Waals surface area contributed by atoms with E-state index in [9.17, 15) is 0 Å². The fourth-order valence-corrected chi connectivity index (χ4v) is 2.39. The van der Waals surface area contributed by atoms with E-state index in [-0.39, 0.29) is 5.15 Å². The van der Waals surface area contributed by atoms with Crippen molar-refractivity contribution in [2.45, 2.75) is 13.8 Å². The third-order valence-corrected chi connectivity index (χ3v) is 3.52. The van der Waals surface area contributed by atoms with Gasteiger partial charge in [-0.2, -0.15) is 5.10 Å².